The van der Waals surface area contributed by atoms with Gasteiger partial charge in [0.25, 0.3) is 5.91 Å². The first-order valence-corrected chi connectivity index (χ1v) is 16.0. The van der Waals surface area contributed by atoms with Gasteiger partial charge in [-0.2, -0.15) is 13.2 Å². The number of para-hydroxylation sites is 2. The topological polar surface area (TPSA) is 95.4 Å². The summed E-state index contributed by atoms with van der Waals surface area (Å²) in [5.74, 6) is -0.485. The monoisotopic (exact) mass is 632 g/mol. The van der Waals surface area contributed by atoms with Crippen LogP contribution in [0.3, 0.4) is 0 Å². The SMILES string of the molecule is C[C@@]1(C(=O)N2CCN(c3ccccc3OCCO)CC2)CCCN2C(=O)c3c(C(F)(F)F)ccnc3OCCCCCCC[C@@H]21. The summed E-state index contributed by atoms with van der Waals surface area (Å²) in [5, 5.41) is 9.20. The molecular formula is C33H43F3N4O5. The van der Waals surface area contributed by atoms with Crippen LogP contribution in [0.2, 0.25) is 0 Å². The van der Waals surface area contributed by atoms with E-state index in [0.717, 1.165) is 43.6 Å². The smallest absolute Gasteiger partial charge is 0.417 e. The molecule has 45 heavy (non-hydrogen) atoms. The molecule has 2 saturated heterocycles. The molecule has 0 aliphatic carbocycles. The number of ether oxygens (including phenoxy) is 2. The molecule has 12 heteroatoms. The number of fused-ring (bicyclic) bond motifs is 2. The summed E-state index contributed by atoms with van der Waals surface area (Å²) >= 11 is 0. The Morgan fingerprint density at radius 3 is 2.53 bits per heavy atom. The Bertz CT molecular complexity index is 1330. The van der Waals surface area contributed by atoms with E-state index in [2.05, 4.69) is 9.88 Å². The van der Waals surface area contributed by atoms with Gasteiger partial charge in [0, 0.05) is 45.0 Å². The van der Waals surface area contributed by atoms with E-state index in [0.29, 0.717) is 57.6 Å². The fourth-order valence-electron chi connectivity index (χ4n) is 7.04. The number of hydrogen-bond acceptors (Lipinski definition) is 7. The number of anilines is 1. The number of carbonyl (C=O) groups excluding carboxylic acids is 2. The van der Waals surface area contributed by atoms with Crippen LogP contribution in [0.25, 0.3) is 0 Å². The number of aliphatic hydroxyl groups excluding tert-OH is 1. The van der Waals surface area contributed by atoms with Crippen molar-refractivity contribution in [1.82, 2.24) is 14.8 Å². The molecule has 4 heterocycles. The Kier molecular flexibility index (Phi) is 10.4. The number of pyridine rings is 1. The van der Waals surface area contributed by atoms with Crippen LogP contribution in [0.4, 0.5) is 18.9 Å². The first kappa shape index (κ1) is 32.8. The number of carbonyl (C=O) groups is 2. The third kappa shape index (κ3) is 7.15. The summed E-state index contributed by atoms with van der Waals surface area (Å²) in [6.07, 6.45) is 1.94. The zero-order valence-electron chi connectivity index (χ0n) is 25.9. The number of halogens is 3. The predicted octanol–water partition coefficient (Wildman–Crippen LogP) is 5.16. The third-order valence-electron chi connectivity index (χ3n) is 9.37. The summed E-state index contributed by atoms with van der Waals surface area (Å²) in [6.45, 7) is 4.47. The standard InChI is InChI=1S/C33H43F3N4O5/c1-32(31(43)39-19-17-38(18-20-39)25-10-6-7-11-26(25)44-23-21-41)14-9-16-40-27(32)12-5-3-2-4-8-22-45-29-28(30(40)42)24(13-15-37-29)33(34,35)36/h6-7,10-11,13,15,27,41H,2-5,8-9,12,14,16-23H2,1H3/t27-,32-/m1/s1. The fourth-order valence-corrected chi connectivity index (χ4v) is 7.04. The Labute approximate surface area is 262 Å². The molecule has 1 aromatic heterocycles. The van der Waals surface area contributed by atoms with Crippen LogP contribution in [0.15, 0.2) is 36.5 Å². The summed E-state index contributed by atoms with van der Waals surface area (Å²) in [4.78, 5) is 38.1. The van der Waals surface area contributed by atoms with Gasteiger partial charge in [0.05, 0.1) is 29.9 Å². The van der Waals surface area contributed by atoms with Gasteiger partial charge in [0.2, 0.25) is 11.8 Å². The Morgan fingerprint density at radius 1 is 1.04 bits per heavy atom. The van der Waals surface area contributed by atoms with Gasteiger partial charge in [-0.05, 0) is 50.8 Å². The van der Waals surface area contributed by atoms with Gasteiger partial charge in [-0.1, -0.05) is 37.8 Å². The Morgan fingerprint density at radius 2 is 1.78 bits per heavy atom. The second-order valence-corrected chi connectivity index (χ2v) is 12.3. The van der Waals surface area contributed by atoms with E-state index in [1.165, 1.54) is 4.90 Å². The summed E-state index contributed by atoms with van der Waals surface area (Å²) in [6, 6.07) is 7.86. The van der Waals surface area contributed by atoms with Gasteiger partial charge in [-0.3, -0.25) is 9.59 Å². The number of alkyl halides is 3. The lowest BCUT2D eigenvalue weighted by Gasteiger charge is -2.50. The van der Waals surface area contributed by atoms with E-state index < -0.39 is 34.7 Å². The minimum Gasteiger partial charge on any atom is -0.489 e. The second kappa shape index (κ2) is 14.3. The molecule has 3 aliphatic heterocycles. The quantitative estimate of drug-likeness (QED) is 0.487. The van der Waals surface area contributed by atoms with Crippen molar-refractivity contribution < 1.29 is 37.3 Å². The van der Waals surface area contributed by atoms with E-state index in [-0.39, 0.29) is 38.2 Å². The number of piperazine rings is 1. The summed E-state index contributed by atoms with van der Waals surface area (Å²) in [5.41, 5.74) is -1.70. The highest BCUT2D eigenvalue weighted by Crippen LogP contribution is 2.43. The number of hydrogen-bond donors (Lipinski definition) is 1. The molecule has 9 nitrogen and oxygen atoms in total. The van der Waals surface area contributed by atoms with Gasteiger partial charge in [-0.15, -0.1) is 0 Å². The van der Waals surface area contributed by atoms with Gasteiger partial charge in [0.15, 0.2) is 0 Å². The number of nitrogens with zero attached hydrogens (tertiary/aromatic N) is 4. The van der Waals surface area contributed by atoms with Crippen molar-refractivity contribution in [2.45, 2.75) is 70.5 Å². The van der Waals surface area contributed by atoms with Gasteiger partial charge < -0.3 is 29.3 Å². The molecule has 3 aliphatic rings. The van der Waals surface area contributed by atoms with E-state index in [1.807, 2.05) is 36.1 Å². The average Bonchev–Trinajstić information content (AvgIpc) is 3.05. The van der Waals surface area contributed by atoms with Crippen LogP contribution in [-0.2, 0) is 11.0 Å². The highest BCUT2D eigenvalue weighted by atomic mass is 19.4. The molecule has 5 rings (SSSR count). The van der Waals surface area contributed by atoms with Crippen molar-refractivity contribution in [1.29, 1.82) is 0 Å². The molecule has 246 valence electrons. The number of piperidine rings is 1. The van der Waals surface area contributed by atoms with Crippen molar-refractivity contribution in [2.75, 3.05) is 57.4 Å². The van der Waals surface area contributed by atoms with Crippen molar-refractivity contribution >= 4 is 17.5 Å². The highest BCUT2D eigenvalue weighted by molar-refractivity contribution is 5.99. The molecular weight excluding hydrogens is 589 g/mol. The lowest BCUT2D eigenvalue weighted by molar-refractivity contribution is -0.148. The molecule has 0 bridgehead atoms. The molecule has 0 spiro atoms. The largest absolute Gasteiger partial charge is 0.489 e. The van der Waals surface area contributed by atoms with E-state index in [9.17, 15) is 27.9 Å². The normalized spacial score (nSPS) is 23.5. The number of amides is 2. The van der Waals surface area contributed by atoms with Crippen molar-refractivity contribution in [3.05, 3.63) is 47.7 Å². The third-order valence-corrected chi connectivity index (χ3v) is 9.37. The maximum atomic E-state index is 14.4. The molecule has 2 amide bonds. The van der Waals surface area contributed by atoms with Crippen LogP contribution >= 0.6 is 0 Å². The van der Waals surface area contributed by atoms with E-state index in [4.69, 9.17) is 9.47 Å². The van der Waals surface area contributed by atoms with Gasteiger partial charge in [0.1, 0.15) is 17.9 Å². The van der Waals surface area contributed by atoms with Crippen LogP contribution < -0.4 is 14.4 Å². The maximum absolute atomic E-state index is 14.4. The van der Waals surface area contributed by atoms with Crippen LogP contribution in [0.1, 0.15) is 74.2 Å². The minimum atomic E-state index is -4.77. The fraction of sp³-hybridized carbons (Fsp3) is 0.606. The van der Waals surface area contributed by atoms with Gasteiger partial charge >= 0.3 is 6.18 Å². The molecule has 0 radical (unpaired) electrons. The summed E-state index contributed by atoms with van der Waals surface area (Å²) in [7, 11) is 0. The minimum absolute atomic E-state index is 0.0718. The van der Waals surface area contributed by atoms with Crippen LogP contribution in [0.5, 0.6) is 11.6 Å². The maximum Gasteiger partial charge on any atom is 0.417 e. The number of aliphatic hydroxyl groups is 1. The Balaban J connectivity index is 1.41. The number of aromatic nitrogens is 1. The molecule has 2 aromatic rings. The highest BCUT2D eigenvalue weighted by Gasteiger charge is 2.51. The average molecular weight is 633 g/mol. The summed E-state index contributed by atoms with van der Waals surface area (Å²) < 4.78 is 54.1. The number of benzene rings is 1. The van der Waals surface area contributed by atoms with Crippen molar-refractivity contribution in [3.63, 3.8) is 0 Å². The number of rotatable bonds is 5. The van der Waals surface area contributed by atoms with Crippen LogP contribution in [-0.4, -0.2) is 90.3 Å². The predicted molar refractivity (Wildman–Crippen MR) is 162 cm³/mol. The first-order valence-electron chi connectivity index (χ1n) is 16.0. The Hall–Kier alpha value is -3.54. The molecule has 2 fully saturated rings. The van der Waals surface area contributed by atoms with E-state index in [1.54, 1.807) is 0 Å². The lowest BCUT2D eigenvalue weighted by Crippen LogP contribution is -2.61. The molecule has 1 aromatic carbocycles. The zero-order chi connectivity index (χ0) is 32.0. The van der Waals surface area contributed by atoms with Crippen molar-refractivity contribution in [2.24, 2.45) is 5.41 Å². The molecule has 0 saturated carbocycles. The molecule has 1 N–H and O–H groups in total. The lowest BCUT2D eigenvalue weighted by atomic mass is 9.71. The van der Waals surface area contributed by atoms with Gasteiger partial charge in [-0.25, -0.2) is 4.98 Å². The molecule has 2 atom stereocenters. The van der Waals surface area contributed by atoms with E-state index >= 15 is 0 Å². The first-order chi connectivity index (χ1) is 21.6. The van der Waals surface area contributed by atoms with Crippen LogP contribution in [0, 0.1) is 5.41 Å². The molecule has 0 unspecified atom stereocenters. The second-order valence-electron chi connectivity index (χ2n) is 12.3. The van der Waals surface area contributed by atoms with Crippen molar-refractivity contribution in [3.8, 4) is 11.6 Å². The zero-order valence-corrected chi connectivity index (χ0v) is 25.9.